The maximum atomic E-state index is 8.97. The lowest BCUT2D eigenvalue weighted by molar-refractivity contribution is 0.198. The fourth-order valence-electron chi connectivity index (χ4n) is 1.70. The molecule has 18 heavy (non-hydrogen) atoms. The highest BCUT2D eigenvalue weighted by atomic mass is 32.1. The smallest absolute Gasteiger partial charge is 0.142 e. The quantitative estimate of drug-likeness (QED) is 0.866. The van der Waals surface area contributed by atoms with Crippen LogP contribution in [0.25, 0.3) is 10.7 Å². The van der Waals surface area contributed by atoms with Gasteiger partial charge in [0, 0.05) is 30.4 Å². The highest BCUT2D eigenvalue weighted by Crippen LogP contribution is 2.23. The average Bonchev–Trinajstić information content (AvgIpc) is 2.88. The number of aliphatic hydroxyl groups is 1. The second-order valence-electron chi connectivity index (χ2n) is 3.94. The van der Waals surface area contributed by atoms with E-state index in [-0.39, 0.29) is 6.61 Å². The van der Waals surface area contributed by atoms with Crippen molar-refractivity contribution in [2.24, 2.45) is 0 Å². The van der Waals surface area contributed by atoms with Crippen LogP contribution in [0.15, 0.2) is 30.6 Å². The summed E-state index contributed by atoms with van der Waals surface area (Å²) in [5.41, 5.74) is 0.916. The normalized spacial score (nSPS) is 11.1. The number of hydrogen-bond acceptors (Lipinski definition) is 5. The van der Waals surface area contributed by atoms with Gasteiger partial charge in [-0.3, -0.25) is 9.88 Å². The molecular formula is C13H17N3OS. The van der Waals surface area contributed by atoms with Crippen molar-refractivity contribution < 1.29 is 5.11 Å². The van der Waals surface area contributed by atoms with Gasteiger partial charge < -0.3 is 5.11 Å². The number of likely N-dealkylation sites (N-methyl/N-ethyl adjacent to an activating group) is 1. The first-order valence-corrected chi connectivity index (χ1v) is 6.84. The van der Waals surface area contributed by atoms with Crippen molar-refractivity contribution in [2.45, 2.75) is 13.5 Å². The summed E-state index contributed by atoms with van der Waals surface area (Å²) >= 11 is 1.66. The molecule has 0 aromatic carbocycles. The number of aromatic nitrogens is 2. The minimum Gasteiger partial charge on any atom is -0.395 e. The number of pyridine rings is 1. The first-order valence-electron chi connectivity index (χ1n) is 6.02. The standard InChI is InChI=1S/C13H17N3OS/c1-2-16(7-8-17)10-11-9-15-13(18-11)12-5-3-4-6-14-12/h3-6,9,17H,2,7-8,10H2,1H3. The molecule has 2 heterocycles. The van der Waals surface area contributed by atoms with Crippen LogP contribution in [0.3, 0.4) is 0 Å². The zero-order valence-corrected chi connectivity index (χ0v) is 11.2. The maximum Gasteiger partial charge on any atom is 0.142 e. The van der Waals surface area contributed by atoms with Gasteiger partial charge in [-0.1, -0.05) is 13.0 Å². The van der Waals surface area contributed by atoms with E-state index in [4.69, 9.17) is 5.11 Å². The summed E-state index contributed by atoms with van der Waals surface area (Å²) in [6.45, 7) is 4.75. The summed E-state index contributed by atoms with van der Waals surface area (Å²) in [4.78, 5) is 12.1. The fourth-order valence-corrected chi connectivity index (χ4v) is 2.63. The number of nitrogens with zero attached hydrogens (tertiary/aromatic N) is 3. The number of rotatable bonds is 6. The molecule has 1 N–H and O–H groups in total. The van der Waals surface area contributed by atoms with Crippen molar-refractivity contribution >= 4 is 11.3 Å². The molecule has 0 bridgehead atoms. The first kappa shape index (κ1) is 13.1. The maximum absolute atomic E-state index is 8.97. The molecule has 0 atom stereocenters. The van der Waals surface area contributed by atoms with Gasteiger partial charge in [0.15, 0.2) is 0 Å². The van der Waals surface area contributed by atoms with E-state index >= 15 is 0 Å². The second kappa shape index (κ2) is 6.58. The molecule has 0 spiro atoms. The van der Waals surface area contributed by atoms with Gasteiger partial charge in [0.25, 0.3) is 0 Å². The molecule has 0 amide bonds. The van der Waals surface area contributed by atoms with Crippen molar-refractivity contribution in [1.29, 1.82) is 0 Å². The van der Waals surface area contributed by atoms with Crippen molar-refractivity contribution in [3.63, 3.8) is 0 Å². The summed E-state index contributed by atoms with van der Waals surface area (Å²) in [6, 6.07) is 5.83. The van der Waals surface area contributed by atoms with Crippen molar-refractivity contribution in [2.75, 3.05) is 19.7 Å². The van der Waals surface area contributed by atoms with Crippen LogP contribution in [0.2, 0.25) is 0 Å². The third-order valence-corrected chi connectivity index (χ3v) is 3.69. The Morgan fingerprint density at radius 1 is 1.33 bits per heavy atom. The van der Waals surface area contributed by atoms with E-state index in [1.807, 2.05) is 24.4 Å². The van der Waals surface area contributed by atoms with Crippen LogP contribution < -0.4 is 0 Å². The largest absolute Gasteiger partial charge is 0.395 e. The molecule has 0 radical (unpaired) electrons. The number of hydrogen-bond donors (Lipinski definition) is 1. The van der Waals surface area contributed by atoms with Gasteiger partial charge in [-0.15, -0.1) is 11.3 Å². The highest BCUT2D eigenvalue weighted by Gasteiger charge is 2.08. The Morgan fingerprint density at radius 2 is 2.22 bits per heavy atom. The minimum absolute atomic E-state index is 0.194. The second-order valence-corrected chi connectivity index (χ2v) is 5.05. The average molecular weight is 263 g/mol. The van der Waals surface area contributed by atoms with Crippen LogP contribution in [0.4, 0.5) is 0 Å². The molecular weight excluding hydrogens is 246 g/mol. The number of aliphatic hydroxyl groups excluding tert-OH is 1. The molecule has 0 saturated carbocycles. The van der Waals surface area contributed by atoms with E-state index in [0.717, 1.165) is 23.8 Å². The molecule has 2 aromatic rings. The van der Waals surface area contributed by atoms with Crippen LogP contribution >= 0.6 is 11.3 Å². The first-order chi connectivity index (χ1) is 8.83. The topological polar surface area (TPSA) is 49.2 Å². The van der Waals surface area contributed by atoms with E-state index in [9.17, 15) is 0 Å². The summed E-state index contributed by atoms with van der Waals surface area (Å²) < 4.78 is 0. The summed E-state index contributed by atoms with van der Waals surface area (Å²) in [5.74, 6) is 0. The van der Waals surface area contributed by atoms with Gasteiger partial charge >= 0.3 is 0 Å². The zero-order chi connectivity index (χ0) is 12.8. The lowest BCUT2D eigenvalue weighted by Gasteiger charge is -2.17. The van der Waals surface area contributed by atoms with E-state index in [0.29, 0.717) is 6.54 Å². The zero-order valence-electron chi connectivity index (χ0n) is 10.4. The molecule has 0 aliphatic carbocycles. The molecule has 0 fully saturated rings. The molecule has 0 aliphatic heterocycles. The van der Waals surface area contributed by atoms with Gasteiger partial charge in [0.05, 0.1) is 12.3 Å². The van der Waals surface area contributed by atoms with Crippen LogP contribution in [-0.2, 0) is 6.54 Å². The van der Waals surface area contributed by atoms with Crippen molar-refractivity contribution in [1.82, 2.24) is 14.9 Å². The molecule has 2 rings (SSSR count). The van der Waals surface area contributed by atoms with E-state index < -0.39 is 0 Å². The molecule has 4 nitrogen and oxygen atoms in total. The van der Waals surface area contributed by atoms with Crippen molar-refractivity contribution in [3.05, 3.63) is 35.5 Å². The van der Waals surface area contributed by atoms with Gasteiger partial charge in [-0.05, 0) is 18.7 Å². The van der Waals surface area contributed by atoms with E-state index in [2.05, 4.69) is 21.8 Å². The predicted molar refractivity (Wildman–Crippen MR) is 73.4 cm³/mol. The van der Waals surface area contributed by atoms with Gasteiger partial charge in [-0.2, -0.15) is 0 Å². The Hall–Kier alpha value is -1.30. The fraction of sp³-hybridized carbons (Fsp3) is 0.385. The van der Waals surface area contributed by atoms with Crippen LogP contribution in [0.5, 0.6) is 0 Å². The molecule has 0 aliphatic rings. The predicted octanol–water partition coefficient (Wildman–Crippen LogP) is 2.02. The monoisotopic (exact) mass is 263 g/mol. The van der Waals surface area contributed by atoms with Crippen LogP contribution in [0.1, 0.15) is 11.8 Å². The molecule has 0 saturated heterocycles. The van der Waals surface area contributed by atoms with E-state index in [1.54, 1.807) is 17.5 Å². The third-order valence-electron chi connectivity index (χ3n) is 2.68. The lowest BCUT2D eigenvalue weighted by atomic mass is 10.4. The SMILES string of the molecule is CCN(CCO)Cc1cnc(-c2ccccn2)s1. The van der Waals surface area contributed by atoms with E-state index in [1.165, 1.54) is 4.88 Å². The minimum atomic E-state index is 0.194. The Bertz CT molecular complexity index is 472. The highest BCUT2D eigenvalue weighted by molar-refractivity contribution is 7.14. The molecule has 5 heteroatoms. The Labute approximate surface area is 111 Å². The van der Waals surface area contributed by atoms with Crippen LogP contribution in [-0.4, -0.2) is 39.7 Å². The number of thiazole rings is 1. The Kier molecular flexibility index (Phi) is 4.81. The van der Waals surface area contributed by atoms with Crippen molar-refractivity contribution in [3.8, 4) is 10.7 Å². The van der Waals surface area contributed by atoms with Gasteiger partial charge in [0.1, 0.15) is 5.01 Å². The molecule has 0 unspecified atom stereocenters. The third kappa shape index (κ3) is 3.35. The van der Waals surface area contributed by atoms with Gasteiger partial charge in [-0.25, -0.2) is 4.98 Å². The molecule has 2 aromatic heterocycles. The Morgan fingerprint density at radius 3 is 2.89 bits per heavy atom. The Balaban J connectivity index is 2.06. The molecule has 96 valence electrons. The summed E-state index contributed by atoms with van der Waals surface area (Å²) in [7, 11) is 0. The van der Waals surface area contributed by atoms with Gasteiger partial charge in [0.2, 0.25) is 0 Å². The van der Waals surface area contributed by atoms with Crippen LogP contribution in [0, 0.1) is 0 Å². The lowest BCUT2D eigenvalue weighted by Crippen LogP contribution is -2.25. The summed E-state index contributed by atoms with van der Waals surface area (Å²) in [5, 5.41) is 9.91. The summed E-state index contributed by atoms with van der Waals surface area (Å²) in [6.07, 6.45) is 3.68.